The standard InChI is InChI=1S/C25H33ClN4O4/c1-16(2)12-27-23(31)17(3)18-6-8-19(9-7-18)34-20-10-11-30(13-20)22-21(26)24(29-15-28-22)33-14-25(4,5)32/h6-9,15,17,20,32H,1,10-14H2,2-5H3,(H,27,31). The molecule has 1 saturated heterocycles. The molecular weight excluding hydrogens is 456 g/mol. The number of amides is 1. The van der Waals surface area contributed by atoms with Crippen LogP contribution in [-0.2, 0) is 4.79 Å². The smallest absolute Gasteiger partial charge is 0.238 e. The molecule has 2 heterocycles. The van der Waals surface area contributed by atoms with E-state index < -0.39 is 5.60 Å². The number of rotatable bonds is 10. The molecule has 1 aliphatic heterocycles. The Balaban J connectivity index is 1.57. The monoisotopic (exact) mass is 488 g/mol. The summed E-state index contributed by atoms with van der Waals surface area (Å²) >= 11 is 6.49. The van der Waals surface area contributed by atoms with Gasteiger partial charge in [-0.25, -0.2) is 9.97 Å². The van der Waals surface area contributed by atoms with E-state index in [4.69, 9.17) is 21.1 Å². The highest BCUT2D eigenvalue weighted by Crippen LogP contribution is 2.33. The zero-order chi connectivity index (χ0) is 24.9. The highest BCUT2D eigenvalue weighted by molar-refractivity contribution is 6.34. The molecule has 1 fully saturated rings. The van der Waals surface area contributed by atoms with Crippen molar-refractivity contribution in [1.29, 1.82) is 0 Å². The molecule has 3 rings (SSSR count). The summed E-state index contributed by atoms with van der Waals surface area (Å²) in [5.41, 5.74) is 0.838. The van der Waals surface area contributed by atoms with Gasteiger partial charge in [0.2, 0.25) is 11.8 Å². The lowest BCUT2D eigenvalue weighted by molar-refractivity contribution is -0.122. The minimum absolute atomic E-state index is 0.0317. The van der Waals surface area contributed by atoms with Crippen molar-refractivity contribution in [3.05, 3.63) is 53.3 Å². The normalized spacial score (nSPS) is 16.8. The zero-order valence-corrected chi connectivity index (χ0v) is 20.9. The Morgan fingerprint density at radius 1 is 1.35 bits per heavy atom. The second-order valence-electron chi connectivity index (χ2n) is 9.36. The summed E-state index contributed by atoms with van der Waals surface area (Å²) in [5, 5.41) is 13.1. The third-order valence-electron chi connectivity index (χ3n) is 5.39. The van der Waals surface area contributed by atoms with E-state index in [9.17, 15) is 9.90 Å². The van der Waals surface area contributed by atoms with Crippen LogP contribution in [0.3, 0.4) is 0 Å². The SMILES string of the molecule is C=C(C)CNC(=O)C(C)c1ccc(OC2CCN(c3ncnc(OCC(C)(C)O)c3Cl)C2)cc1. The van der Waals surface area contributed by atoms with Crippen molar-refractivity contribution in [3.63, 3.8) is 0 Å². The van der Waals surface area contributed by atoms with Crippen molar-refractivity contribution >= 4 is 23.3 Å². The number of carbonyl (C=O) groups excluding carboxylic acids is 1. The molecule has 0 radical (unpaired) electrons. The fourth-order valence-electron chi connectivity index (χ4n) is 3.50. The van der Waals surface area contributed by atoms with Gasteiger partial charge >= 0.3 is 0 Å². The van der Waals surface area contributed by atoms with Gasteiger partial charge in [0.05, 0.1) is 18.1 Å². The number of aliphatic hydroxyl groups is 1. The van der Waals surface area contributed by atoms with Gasteiger partial charge in [0, 0.05) is 19.5 Å². The van der Waals surface area contributed by atoms with E-state index in [0.29, 0.717) is 23.9 Å². The summed E-state index contributed by atoms with van der Waals surface area (Å²) in [6.45, 7) is 12.8. The first-order chi connectivity index (χ1) is 16.0. The quantitative estimate of drug-likeness (QED) is 0.492. The first kappa shape index (κ1) is 25.8. The van der Waals surface area contributed by atoms with Gasteiger partial charge in [-0.05, 0) is 45.4 Å². The van der Waals surface area contributed by atoms with Gasteiger partial charge in [0.15, 0.2) is 5.82 Å². The van der Waals surface area contributed by atoms with Crippen molar-refractivity contribution in [3.8, 4) is 11.6 Å². The van der Waals surface area contributed by atoms with Crippen molar-refractivity contribution in [2.45, 2.75) is 51.7 Å². The summed E-state index contributed by atoms with van der Waals surface area (Å²) in [5.74, 6) is 1.28. The number of nitrogens with zero attached hydrogens (tertiary/aromatic N) is 3. The Morgan fingerprint density at radius 2 is 2.06 bits per heavy atom. The number of carbonyl (C=O) groups is 1. The average Bonchev–Trinajstić information content (AvgIpc) is 3.24. The van der Waals surface area contributed by atoms with Crippen LogP contribution >= 0.6 is 11.6 Å². The fourth-order valence-corrected chi connectivity index (χ4v) is 3.77. The molecule has 0 aliphatic carbocycles. The topological polar surface area (TPSA) is 96.8 Å². The predicted molar refractivity (Wildman–Crippen MR) is 133 cm³/mol. The summed E-state index contributed by atoms with van der Waals surface area (Å²) in [6, 6.07) is 7.61. The third kappa shape index (κ3) is 7.08. The highest BCUT2D eigenvalue weighted by atomic mass is 35.5. The van der Waals surface area contributed by atoms with Gasteiger partial charge in [-0.15, -0.1) is 0 Å². The first-order valence-electron chi connectivity index (χ1n) is 11.3. The Hall–Kier alpha value is -2.84. The lowest BCUT2D eigenvalue weighted by atomic mass is 10.0. The van der Waals surface area contributed by atoms with Gasteiger partial charge in [-0.3, -0.25) is 4.79 Å². The molecule has 184 valence electrons. The van der Waals surface area contributed by atoms with Gasteiger partial charge in [0.25, 0.3) is 0 Å². The first-order valence-corrected chi connectivity index (χ1v) is 11.7. The van der Waals surface area contributed by atoms with Crippen LogP contribution in [0.25, 0.3) is 0 Å². The Morgan fingerprint density at radius 3 is 2.71 bits per heavy atom. The molecule has 1 aromatic carbocycles. The number of ether oxygens (including phenoxy) is 2. The molecule has 2 unspecified atom stereocenters. The molecule has 0 spiro atoms. The Kier molecular flexibility index (Phi) is 8.38. The lowest BCUT2D eigenvalue weighted by Gasteiger charge is -2.21. The average molecular weight is 489 g/mol. The van der Waals surface area contributed by atoms with Crippen molar-refractivity contribution in [2.75, 3.05) is 31.1 Å². The number of nitrogens with one attached hydrogen (secondary N) is 1. The van der Waals surface area contributed by atoms with Gasteiger partial charge in [0.1, 0.15) is 29.8 Å². The number of hydrogen-bond donors (Lipinski definition) is 2. The number of benzene rings is 1. The van der Waals surface area contributed by atoms with Crippen LogP contribution in [0.4, 0.5) is 5.82 Å². The number of halogens is 1. The molecule has 1 aromatic heterocycles. The second-order valence-corrected chi connectivity index (χ2v) is 9.74. The lowest BCUT2D eigenvalue weighted by Crippen LogP contribution is -2.29. The van der Waals surface area contributed by atoms with Crippen LogP contribution in [0.2, 0.25) is 5.02 Å². The van der Waals surface area contributed by atoms with Gasteiger partial charge < -0.3 is 24.8 Å². The molecule has 2 aromatic rings. The summed E-state index contributed by atoms with van der Waals surface area (Å²) in [6.07, 6.45) is 2.18. The van der Waals surface area contributed by atoms with Crippen molar-refractivity contribution < 1.29 is 19.4 Å². The number of anilines is 1. The molecule has 0 bridgehead atoms. The van der Waals surface area contributed by atoms with Crippen LogP contribution in [0.15, 0.2) is 42.7 Å². The molecule has 0 saturated carbocycles. The minimum atomic E-state index is -0.997. The maximum absolute atomic E-state index is 12.3. The highest BCUT2D eigenvalue weighted by Gasteiger charge is 2.28. The second kappa shape index (κ2) is 11.1. The summed E-state index contributed by atoms with van der Waals surface area (Å²) < 4.78 is 11.7. The molecule has 1 amide bonds. The van der Waals surface area contributed by atoms with E-state index in [1.54, 1.807) is 13.8 Å². The summed E-state index contributed by atoms with van der Waals surface area (Å²) in [7, 11) is 0. The Bertz CT molecular complexity index is 1010. The number of hydrogen-bond acceptors (Lipinski definition) is 7. The molecule has 2 N–H and O–H groups in total. The largest absolute Gasteiger partial charge is 0.489 e. The maximum Gasteiger partial charge on any atom is 0.238 e. The van der Waals surface area contributed by atoms with Gasteiger partial charge in [-0.2, -0.15) is 0 Å². The minimum Gasteiger partial charge on any atom is -0.489 e. The molecule has 9 heteroatoms. The Labute approximate surface area is 206 Å². The van der Waals surface area contributed by atoms with E-state index in [2.05, 4.69) is 21.9 Å². The third-order valence-corrected chi connectivity index (χ3v) is 5.72. The maximum atomic E-state index is 12.3. The van der Waals surface area contributed by atoms with E-state index in [1.807, 2.05) is 43.0 Å². The van der Waals surface area contributed by atoms with Gasteiger partial charge in [-0.1, -0.05) is 35.9 Å². The van der Waals surface area contributed by atoms with E-state index in [0.717, 1.165) is 29.9 Å². The number of aromatic nitrogens is 2. The van der Waals surface area contributed by atoms with Crippen LogP contribution in [-0.4, -0.2) is 58.9 Å². The predicted octanol–water partition coefficient (Wildman–Crippen LogP) is 3.73. The molecule has 8 nitrogen and oxygen atoms in total. The van der Waals surface area contributed by atoms with Crippen molar-refractivity contribution in [1.82, 2.24) is 15.3 Å². The van der Waals surface area contributed by atoms with Crippen molar-refractivity contribution in [2.24, 2.45) is 0 Å². The molecule has 1 aliphatic rings. The van der Waals surface area contributed by atoms with Crippen LogP contribution in [0, 0.1) is 0 Å². The molecular formula is C25H33ClN4O4. The van der Waals surface area contributed by atoms with Crippen LogP contribution in [0.5, 0.6) is 11.6 Å². The fraction of sp³-hybridized carbons (Fsp3) is 0.480. The zero-order valence-electron chi connectivity index (χ0n) is 20.2. The van der Waals surface area contributed by atoms with Crippen LogP contribution in [0.1, 0.15) is 45.6 Å². The summed E-state index contributed by atoms with van der Waals surface area (Å²) in [4.78, 5) is 22.7. The van der Waals surface area contributed by atoms with E-state index in [-0.39, 0.29) is 30.4 Å². The van der Waals surface area contributed by atoms with E-state index in [1.165, 1.54) is 6.33 Å². The molecule has 34 heavy (non-hydrogen) atoms. The van der Waals surface area contributed by atoms with E-state index >= 15 is 0 Å². The van der Waals surface area contributed by atoms with Crippen LogP contribution < -0.4 is 19.7 Å². The molecule has 2 atom stereocenters.